The third-order valence-electron chi connectivity index (χ3n) is 0.311. The maximum absolute atomic E-state index is 5.12. The summed E-state index contributed by atoms with van der Waals surface area (Å²) in [5, 5.41) is 0. The number of hydrogen-bond acceptors (Lipinski definition) is 3. The van der Waals surface area contributed by atoms with Crippen LogP contribution in [-0.4, -0.2) is 7.85 Å². The summed E-state index contributed by atoms with van der Waals surface area (Å²) in [5.74, 6) is 4.82. The van der Waals surface area contributed by atoms with Crippen LogP contribution in [0.1, 0.15) is 0 Å². The summed E-state index contributed by atoms with van der Waals surface area (Å²) >= 11 is 0. The van der Waals surface area contributed by atoms with Crippen LogP contribution >= 0.6 is 0 Å². The molecule has 0 atom stereocenters. The third kappa shape index (κ3) is 3.36. The van der Waals surface area contributed by atoms with Gasteiger partial charge < -0.3 is 11.2 Å². The largest absolute Gasteiger partial charge is 0.409 e. The normalized spacial score (nSPS) is 11.2. The highest BCUT2D eigenvalue weighted by atomic mass is 15.2. The predicted molar refractivity (Wildman–Crippen MR) is 28.1 cm³/mol. The van der Waals surface area contributed by atoms with Crippen molar-refractivity contribution >= 4 is 7.85 Å². The summed E-state index contributed by atoms with van der Waals surface area (Å²) in [5.41, 5.74) is 8.08. The first-order chi connectivity index (χ1) is 2.77. The molecule has 0 saturated heterocycles. The van der Waals surface area contributed by atoms with Crippen LogP contribution in [0.25, 0.3) is 0 Å². The fourth-order valence-electron chi connectivity index (χ4n) is 0.131. The Morgan fingerprint density at radius 3 is 2.33 bits per heavy atom. The first kappa shape index (κ1) is 5.36. The quantitative estimate of drug-likeness (QED) is 0.193. The molecule has 0 radical (unpaired) electrons. The highest BCUT2D eigenvalue weighted by Gasteiger charge is 1.66. The molecule has 34 valence electrons. The van der Waals surface area contributed by atoms with Gasteiger partial charge in [-0.1, -0.05) is 0 Å². The van der Waals surface area contributed by atoms with Gasteiger partial charge >= 0.3 is 0 Å². The Bertz CT molecular complexity index is 55.8. The van der Waals surface area contributed by atoms with Crippen molar-refractivity contribution in [2.45, 2.75) is 0 Å². The number of hydrogen-bond donors (Lipinski definition) is 3. The molecule has 4 heteroatoms. The van der Waals surface area contributed by atoms with Crippen LogP contribution < -0.4 is 17.0 Å². The summed E-state index contributed by atoms with van der Waals surface area (Å²) < 4.78 is 0. The van der Waals surface area contributed by atoms with Gasteiger partial charge in [0.05, 0.1) is 0 Å². The van der Waals surface area contributed by atoms with Crippen molar-refractivity contribution in [1.82, 2.24) is 5.43 Å². The zero-order chi connectivity index (χ0) is 4.99. The third-order valence-corrected chi connectivity index (χ3v) is 0.311. The Balaban J connectivity index is 3.14. The molecular formula is C2H8BN3. The van der Waals surface area contributed by atoms with E-state index in [0.29, 0.717) is 5.60 Å². The highest BCUT2D eigenvalue weighted by molar-refractivity contribution is 6.20. The molecule has 0 spiro atoms. The van der Waals surface area contributed by atoms with E-state index in [9.17, 15) is 0 Å². The van der Waals surface area contributed by atoms with Crippen LogP contribution in [0.15, 0.2) is 11.8 Å². The fraction of sp³-hybridized carbons (Fsp3) is 0. The average Bonchev–Trinajstić information content (AvgIpc) is 1.35. The predicted octanol–water partition coefficient (Wildman–Crippen LogP) is -2.16. The first-order valence-corrected chi connectivity index (χ1v) is 1.65. The minimum Gasteiger partial charge on any atom is -0.409 e. The van der Waals surface area contributed by atoms with Gasteiger partial charge in [-0.15, -0.1) is 0 Å². The summed E-state index contributed by atoms with van der Waals surface area (Å²) in [6.07, 6.45) is 1.51. The number of nitrogens with one attached hydrogen (secondary N) is 1. The molecule has 0 aliphatic heterocycles. The molecule has 0 aromatic rings. The molecule has 0 aromatic carbocycles. The van der Waals surface area contributed by atoms with Gasteiger partial charge in [0.15, 0.2) is 7.85 Å². The van der Waals surface area contributed by atoms with Crippen molar-refractivity contribution in [2.24, 2.45) is 11.6 Å². The molecule has 0 aliphatic rings. The molecule has 0 rings (SSSR count). The zero-order valence-corrected chi connectivity index (χ0v) is 3.73. The van der Waals surface area contributed by atoms with E-state index in [4.69, 9.17) is 11.6 Å². The lowest BCUT2D eigenvalue weighted by molar-refractivity contribution is 0.959. The lowest BCUT2D eigenvalue weighted by Gasteiger charge is -1.86. The minimum absolute atomic E-state index is 0.678. The standard InChI is InChI=1S/C2H8BN3/c3-2(4)1-6-5/h1,6H,3-5H2/b2-1-. The van der Waals surface area contributed by atoms with Gasteiger partial charge in [0.2, 0.25) is 0 Å². The van der Waals surface area contributed by atoms with Gasteiger partial charge in [0, 0.05) is 6.20 Å². The van der Waals surface area contributed by atoms with E-state index in [2.05, 4.69) is 5.43 Å². The van der Waals surface area contributed by atoms with Crippen molar-refractivity contribution in [3.63, 3.8) is 0 Å². The number of nitrogens with two attached hydrogens (primary N) is 2. The van der Waals surface area contributed by atoms with E-state index in [-0.39, 0.29) is 0 Å². The van der Waals surface area contributed by atoms with Crippen LogP contribution in [0.3, 0.4) is 0 Å². The topological polar surface area (TPSA) is 64.1 Å². The van der Waals surface area contributed by atoms with Gasteiger partial charge in [-0.05, 0) is 5.60 Å². The monoisotopic (exact) mass is 85.1 g/mol. The van der Waals surface area contributed by atoms with Crippen molar-refractivity contribution in [1.29, 1.82) is 0 Å². The van der Waals surface area contributed by atoms with E-state index < -0.39 is 0 Å². The van der Waals surface area contributed by atoms with E-state index in [1.54, 1.807) is 7.85 Å². The molecule has 0 bridgehead atoms. The molecule has 0 amide bonds. The van der Waals surface area contributed by atoms with Crippen LogP contribution in [0.4, 0.5) is 0 Å². The van der Waals surface area contributed by atoms with Gasteiger partial charge in [-0.25, -0.2) is 0 Å². The molecule has 5 N–H and O–H groups in total. The molecule has 6 heavy (non-hydrogen) atoms. The van der Waals surface area contributed by atoms with Gasteiger partial charge in [-0.3, -0.25) is 5.84 Å². The van der Waals surface area contributed by atoms with Crippen molar-refractivity contribution < 1.29 is 0 Å². The first-order valence-electron chi connectivity index (χ1n) is 1.65. The number of hydrazine groups is 1. The maximum Gasteiger partial charge on any atom is 0.162 e. The molecule has 0 heterocycles. The number of rotatable bonds is 1. The van der Waals surface area contributed by atoms with Crippen LogP contribution in [-0.2, 0) is 0 Å². The summed E-state index contributed by atoms with van der Waals surface area (Å²) in [7, 11) is 1.75. The van der Waals surface area contributed by atoms with Crippen molar-refractivity contribution in [3.8, 4) is 0 Å². The molecule has 0 fully saturated rings. The molecule has 0 aromatic heterocycles. The SMILES string of the molecule is B/C(N)=C/NN. The van der Waals surface area contributed by atoms with Crippen molar-refractivity contribution in [2.75, 3.05) is 0 Å². The molecule has 0 saturated carbocycles. The van der Waals surface area contributed by atoms with E-state index in [1.165, 1.54) is 6.20 Å². The summed E-state index contributed by atoms with van der Waals surface area (Å²) in [4.78, 5) is 0. The van der Waals surface area contributed by atoms with Crippen molar-refractivity contribution in [3.05, 3.63) is 11.8 Å². The molecular weight excluding hydrogens is 76.9 g/mol. The fourth-order valence-corrected chi connectivity index (χ4v) is 0.131. The molecule has 0 aliphatic carbocycles. The highest BCUT2D eigenvalue weighted by Crippen LogP contribution is 1.59. The van der Waals surface area contributed by atoms with Crippen LogP contribution in [0.5, 0.6) is 0 Å². The second-order valence-electron chi connectivity index (χ2n) is 1.06. The average molecular weight is 84.9 g/mol. The van der Waals surface area contributed by atoms with Gasteiger partial charge in [0.25, 0.3) is 0 Å². The summed E-state index contributed by atoms with van der Waals surface area (Å²) in [6, 6.07) is 0. The Labute approximate surface area is 37.8 Å². The Morgan fingerprint density at radius 1 is 1.83 bits per heavy atom. The van der Waals surface area contributed by atoms with Gasteiger partial charge in [-0.2, -0.15) is 0 Å². The zero-order valence-electron chi connectivity index (χ0n) is 3.73. The van der Waals surface area contributed by atoms with Crippen LogP contribution in [0.2, 0.25) is 0 Å². The van der Waals surface area contributed by atoms with Crippen LogP contribution in [0, 0.1) is 0 Å². The second-order valence-corrected chi connectivity index (χ2v) is 1.06. The lowest BCUT2D eigenvalue weighted by Crippen LogP contribution is -2.16. The van der Waals surface area contributed by atoms with E-state index >= 15 is 0 Å². The minimum atomic E-state index is 0.678. The van der Waals surface area contributed by atoms with E-state index in [0.717, 1.165) is 0 Å². The Morgan fingerprint density at radius 2 is 2.33 bits per heavy atom. The Hall–Kier alpha value is -0.635. The maximum atomic E-state index is 5.12. The van der Waals surface area contributed by atoms with E-state index in [1.807, 2.05) is 0 Å². The second kappa shape index (κ2) is 2.59. The Kier molecular flexibility index (Phi) is 2.32. The van der Waals surface area contributed by atoms with Gasteiger partial charge in [0.1, 0.15) is 0 Å². The molecule has 0 unspecified atom stereocenters. The molecule has 3 nitrogen and oxygen atoms in total. The summed E-state index contributed by atoms with van der Waals surface area (Å²) in [6.45, 7) is 0. The lowest BCUT2D eigenvalue weighted by atomic mass is 10.1. The smallest absolute Gasteiger partial charge is 0.162 e.